The van der Waals surface area contributed by atoms with Crippen molar-refractivity contribution in [2.45, 2.75) is 32.6 Å². The van der Waals surface area contributed by atoms with Crippen LogP contribution in [0.1, 0.15) is 34.8 Å². The molecule has 1 heterocycles. The summed E-state index contributed by atoms with van der Waals surface area (Å²) in [5.74, 6) is -0.557. The largest absolute Gasteiger partial charge is 0.406 e. The number of nitrogens with one attached hydrogen (secondary N) is 1. The van der Waals surface area contributed by atoms with Crippen LogP contribution in [-0.4, -0.2) is 30.1 Å². The topological polar surface area (TPSA) is 32.3 Å². The van der Waals surface area contributed by atoms with Gasteiger partial charge in [0.2, 0.25) is 0 Å². The van der Waals surface area contributed by atoms with Crippen LogP contribution in [-0.2, 0) is 13.1 Å². The molecule has 0 saturated heterocycles. The van der Waals surface area contributed by atoms with E-state index < -0.39 is 18.6 Å². The maximum atomic E-state index is 12.5. The summed E-state index contributed by atoms with van der Waals surface area (Å²) in [7, 11) is 0. The number of fused-ring (bicyclic) bond motifs is 1. The van der Waals surface area contributed by atoms with E-state index in [1.807, 2.05) is 0 Å². The molecule has 1 aliphatic heterocycles. The predicted octanol–water partition coefficient (Wildman–Crippen LogP) is 2.70. The second-order valence-corrected chi connectivity index (χ2v) is 4.93. The molecule has 0 atom stereocenters. The van der Waals surface area contributed by atoms with Crippen molar-refractivity contribution >= 4 is 5.91 Å². The van der Waals surface area contributed by atoms with E-state index in [0.29, 0.717) is 18.5 Å². The molecule has 0 radical (unpaired) electrons. The molecule has 1 amide bonds. The van der Waals surface area contributed by atoms with E-state index in [1.165, 1.54) is 0 Å². The van der Waals surface area contributed by atoms with Crippen LogP contribution >= 0.6 is 0 Å². The Morgan fingerprint density at radius 3 is 2.65 bits per heavy atom. The maximum Gasteiger partial charge on any atom is 0.406 e. The highest BCUT2D eigenvalue weighted by atomic mass is 19.4. The maximum absolute atomic E-state index is 12.5. The number of carbonyl (C=O) groups excluding carboxylic acids is 1. The molecule has 2 rings (SSSR count). The number of benzene rings is 1. The average molecular weight is 286 g/mol. The molecule has 6 heteroatoms. The van der Waals surface area contributed by atoms with Crippen molar-refractivity contribution in [3.63, 3.8) is 0 Å². The monoisotopic (exact) mass is 286 g/mol. The van der Waals surface area contributed by atoms with Crippen LogP contribution in [0.5, 0.6) is 0 Å². The Bertz CT molecular complexity index is 500. The first kappa shape index (κ1) is 14.8. The number of carbonyl (C=O) groups is 1. The van der Waals surface area contributed by atoms with Gasteiger partial charge in [0.05, 0.1) is 0 Å². The molecular formula is C14H17F3N2O. The van der Waals surface area contributed by atoms with Crippen LogP contribution in [0.3, 0.4) is 0 Å². The van der Waals surface area contributed by atoms with Gasteiger partial charge >= 0.3 is 6.18 Å². The van der Waals surface area contributed by atoms with Crippen molar-refractivity contribution in [1.82, 2.24) is 10.2 Å². The average Bonchev–Trinajstić information content (AvgIpc) is 2.83. The van der Waals surface area contributed by atoms with Gasteiger partial charge in [0.25, 0.3) is 5.91 Å². The minimum Gasteiger partial charge on any atom is -0.330 e. The normalized spacial score (nSPS) is 14.2. The summed E-state index contributed by atoms with van der Waals surface area (Å²) < 4.78 is 37.6. The van der Waals surface area contributed by atoms with Gasteiger partial charge in [0.1, 0.15) is 6.54 Å². The van der Waals surface area contributed by atoms with Gasteiger partial charge in [-0.05, 0) is 29.7 Å². The molecule has 20 heavy (non-hydrogen) atoms. The molecule has 1 aromatic carbocycles. The lowest BCUT2D eigenvalue weighted by Crippen LogP contribution is -2.39. The molecule has 0 aromatic heterocycles. The molecule has 0 aliphatic carbocycles. The standard InChI is InChI=1S/C14H17F3N2O/c1-2-5-19(9-14(15,16)17)13(20)10-3-4-11-7-18-8-12(11)6-10/h3-4,6,18H,2,5,7-9H2,1H3. The first-order valence-electron chi connectivity index (χ1n) is 6.59. The van der Waals surface area contributed by atoms with Crippen LogP contribution in [0.15, 0.2) is 18.2 Å². The summed E-state index contributed by atoms with van der Waals surface area (Å²) in [6, 6.07) is 5.10. The second kappa shape index (κ2) is 5.83. The lowest BCUT2D eigenvalue weighted by atomic mass is 10.1. The van der Waals surface area contributed by atoms with Gasteiger partial charge < -0.3 is 10.2 Å². The van der Waals surface area contributed by atoms with Crippen LogP contribution in [0.4, 0.5) is 13.2 Å². The molecule has 1 aliphatic rings. The number of nitrogens with zero attached hydrogens (tertiary/aromatic N) is 1. The molecule has 1 aromatic rings. The van der Waals surface area contributed by atoms with E-state index in [0.717, 1.165) is 22.6 Å². The first-order valence-corrected chi connectivity index (χ1v) is 6.59. The summed E-state index contributed by atoms with van der Waals surface area (Å²) in [5.41, 5.74) is 2.41. The lowest BCUT2D eigenvalue weighted by molar-refractivity contribution is -0.140. The fourth-order valence-electron chi connectivity index (χ4n) is 2.35. The van der Waals surface area contributed by atoms with E-state index in [-0.39, 0.29) is 6.54 Å². The third-order valence-electron chi connectivity index (χ3n) is 3.24. The fraction of sp³-hybridized carbons (Fsp3) is 0.500. The number of rotatable bonds is 4. The summed E-state index contributed by atoms with van der Waals surface area (Å²) in [5, 5.41) is 3.14. The van der Waals surface area contributed by atoms with E-state index in [2.05, 4.69) is 5.32 Å². The summed E-state index contributed by atoms with van der Waals surface area (Å²) in [4.78, 5) is 13.1. The summed E-state index contributed by atoms with van der Waals surface area (Å²) >= 11 is 0. The number of hydrogen-bond donors (Lipinski definition) is 1. The van der Waals surface area contributed by atoms with Crippen molar-refractivity contribution in [2.24, 2.45) is 0 Å². The Kier molecular flexibility index (Phi) is 4.32. The molecule has 1 N–H and O–H groups in total. The third-order valence-corrected chi connectivity index (χ3v) is 3.24. The highest BCUT2D eigenvalue weighted by Gasteiger charge is 2.33. The highest BCUT2D eigenvalue weighted by Crippen LogP contribution is 2.21. The predicted molar refractivity (Wildman–Crippen MR) is 69.2 cm³/mol. The smallest absolute Gasteiger partial charge is 0.330 e. The number of hydrogen-bond acceptors (Lipinski definition) is 2. The molecule has 0 fully saturated rings. The fourth-order valence-corrected chi connectivity index (χ4v) is 2.35. The summed E-state index contributed by atoms with van der Waals surface area (Å²) in [6.45, 7) is 2.06. The SMILES string of the molecule is CCCN(CC(F)(F)F)C(=O)c1ccc2c(c1)CNC2. The number of halogens is 3. The van der Waals surface area contributed by atoms with Crippen molar-refractivity contribution in [2.75, 3.05) is 13.1 Å². The van der Waals surface area contributed by atoms with E-state index in [9.17, 15) is 18.0 Å². The van der Waals surface area contributed by atoms with Gasteiger partial charge in [-0.3, -0.25) is 4.79 Å². The van der Waals surface area contributed by atoms with Gasteiger partial charge in [0, 0.05) is 25.2 Å². The zero-order chi connectivity index (χ0) is 14.8. The molecular weight excluding hydrogens is 269 g/mol. The molecule has 0 spiro atoms. The molecule has 110 valence electrons. The van der Waals surface area contributed by atoms with Crippen molar-refractivity contribution in [3.8, 4) is 0 Å². The number of alkyl halides is 3. The zero-order valence-corrected chi connectivity index (χ0v) is 11.3. The Morgan fingerprint density at radius 2 is 2.00 bits per heavy atom. The van der Waals surface area contributed by atoms with Gasteiger partial charge in [-0.25, -0.2) is 0 Å². The zero-order valence-electron chi connectivity index (χ0n) is 11.3. The van der Waals surface area contributed by atoms with Crippen LogP contribution < -0.4 is 5.32 Å². The van der Waals surface area contributed by atoms with Gasteiger partial charge in [-0.2, -0.15) is 13.2 Å². The molecule has 0 unspecified atom stereocenters. The molecule has 3 nitrogen and oxygen atoms in total. The van der Waals surface area contributed by atoms with Crippen LogP contribution in [0.2, 0.25) is 0 Å². The second-order valence-electron chi connectivity index (χ2n) is 4.93. The van der Waals surface area contributed by atoms with E-state index in [4.69, 9.17) is 0 Å². The minimum atomic E-state index is -4.37. The van der Waals surface area contributed by atoms with Crippen LogP contribution in [0, 0.1) is 0 Å². The van der Waals surface area contributed by atoms with Gasteiger partial charge in [-0.15, -0.1) is 0 Å². The Labute approximate surface area is 115 Å². The quantitative estimate of drug-likeness (QED) is 0.923. The minimum absolute atomic E-state index is 0.105. The highest BCUT2D eigenvalue weighted by molar-refractivity contribution is 5.94. The first-order chi connectivity index (χ1) is 9.40. The Balaban J connectivity index is 2.18. The lowest BCUT2D eigenvalue weighted by Gasteiger charge is -2.23. The summed E-state index contributed by atoms with van der Waals surface area (Å²) in [6.07, 6.45) is -3.88. The molecule has 0 saturated carbocycles. The Morgan fingerprint density at radius 1 is 1.30 bits per heavy atom. The Hall–Kier alpha value is -1.56. The number of amides is 1. The van der Waals surface area contributed by atoms with E-state index in [1.54, 1.807) is 25.1 Å². The van der Waals surface area contributed by atoms with Gasteiger partial charge in [0.15, 0.2) is 0 Å². The third kappa shape index (κ3) is 3.50. The van der Waals surface area contributed by atoms with E-state index >= 15 is 0 Å². The molecule has 0 bridgehead atoms. The van der Waals surface area contributed by atoms with Crippen molar-refractivity contribution in [1.29, 1.82) is 0 Å². The van der Waals surface area contributed by atoms with Crippen molar-refractivity contribution < 1.29 is 18.0 Å². The van der Waals surface area contributed by atoms with Gasteiger partial charge in [-0.1, -0.05) is 13.0 Å². The van der Waals surface area contributed by atoms with Crippen LogP contribution in [0.25, 0.3) is 0 Å². The van der Waals surface area contributed by atoms with Crippen molar-refractivity contribution in [3.05, 3.63) is 34.9 Å².